The number of rotatable bonds is 2. The van der Waals surface area contributed by atoms with E-state index in [4.69, 9.17) is 0 Å². The summed E-state index contributed by atoms with van der Waals surface area (Å²) < 4.78 is 0.958. The van der Waals surface area contributed by atoms with Crippen molar-refractivity contribution in [3.63, 3.8) is 0 Å². The molecule has 0 fully saturated rings. The highest BCUT2D eigenvalue weighted by atomic mass is 79.9. The van der Waals surface area contributed by atoms with Crippen LogP contribution in [0.5, 0.6) is 0 Å². The van der Waals surface area contributed by atoms with E-state index in [9.17, 15) is 4.79 Å². The van der Waals surface area contributed by atoms with Crippen molar-refractivity contribution in [3.05, 3.63) is 63.1 Å². The van der Waals surface area contributed by atoms with Gasteiger partial charge in [-0.1, -0.05) is 28.1 Å². The van der Waals surface area contributed by atoms with Gasteiger partial charge in [-0.05, 0) is 67.1 Å². The van der Waals surface area contributed by atoms with E-state index in [0.29, 0.717) is 5.56 Å². The molecule has 102 valence electrons. The minimum atomic E-state index is -0.0661. The Labute approximate surface area is 127 Å². The van der Waals surface area contributed by atoms with Gasteiger partial charge in [0.25, 0.3) is 5.91 Å². The Kier molecular flexibility index (Phi) is 3.62. The Morgan fingerprint density at radius 3 is 2.70 bits per heavy atom. The van der Waals surface area contributed by atoms with Crippen LogP contribution in [-0.4, -0.2) is 5.91 Å². The molecule has 1 aliphatic rings. The second kappa shape index (κ2) is 5.41. The Morgan fingerprint density at radius 2 is 1.90 bits per heavy atom. The highest BCUT2D eigenvalue weighted by Crippen LogP contribution is 2.25. The maximum atomic E-state index is 12.2. The van der Waals surface area contributed by atoms with E-state index in [-0.39, 0.29) is 5.91 Å². The zero-order valence-corrected chi connectivity index (χ0v) is 13.0. The molecule has 1 aliphatic carbocycles. The van der Waals surface area contributed by atoms with E-state index in [1.807, 2.05) is 31.2 Å². The van der Waals surface area contributed by atoms with Gasteiger partial charge in [0, 0.05) is 15.7 Å². The molecule has 0 aliphatic heterocycles. The molecule has 1 amide bonds. The van der Waals surface area contributed by atoms with Crippen LogP contribution in [0.2, 0.25) is 0 Å². The summed E-state index contributed by atoms with van der Waals surface area (Å²) in [4.78, 5) is 12.2. The van der Waals surface area contributed by atoms with Gasteiger partial charge in [-0.25, -0.2) is 0 Å². The largest absolute Gasteiger partial charge is 0.322 e. The summed E-state index contributed by atoms with van der Waals surface area (Å²) in [5, 5.41) is 2.97. The molecule has 1 N–H and O–H groups in total. The van der Waals surface area contributed by atoms with Crippen LogP contribution in [0.3, 0.4) is 0 Å². The zero-order valence-electron chi connectivity index (χ0n) is 11.4. The second-order valence-electron chi connectivity index (χ2n) is 5.26. The van der Waals surface area contributed by atoms with Crippen LogP contribution < -0.4 is 5.32 Å². The second-order valence-corrected chi connectivity index (χ2v) is 6.11. The highest BCUT2D eigenvalue weighted by molar-refractivity contribution is 9.10. The number of benzene rings is 2. The molecule has 20 heavy (non-hydrogen) atoms. The van der Waals surface area contributed by atoms with Gasteiger partial charge in [-0.2, -0.15) is 0 Å². The van der Waals surface area contributed by atoms with Crippen LogP contribution >= 0.6 is 15.9 Å². The molecule has 2 nitrogen and oxygen atoms in total. The van der Waals surface area contributed by atoms with E-state index in [1.165, 1.54) is 17.5 Å². The van der Waals surface area contributed by atoms with Crippen molar-refractivity contribution in [1.29, 1.82) is 0 Å². The first-order valence-corrected chi connectivity index (χ1v) is 7.62. The maximum absolute atomic E-state index is 12.2. The first-order chi connectivity index (χ1) is 9.63. The number of fused-ring (bicyclic) bond motifs is 1. The number of halogens is 1. The van der Waals surface area contributed by atoms with Gasteiger partial charge < -0.3 is 5.32 Å². The Hall–Kier alpha value is -1.61. The minimum Gasteiger partial charge on any atom is -0.322 e. The van der Waals surface area contributed by atoms with E-state index >= 15 is 0 Å². The summed E-state index contributed by atoms with van der Waals surface area (Å²) in [5.74, 6) is -0.0661. The summed E-state index contributed by atoms with van der Waals surface area (Å²) >= 11 is 3.46. The quantitative estimate of drug-likeness (QED) is 0.863. The number of hydrogen-bond acceptors (Lipinski definition) is 1. The molecule has 2 aromatic carbocycles. The van der Waals surface area contributed by atoms with Crippen molar-refractivity contribution in [3.8, 4) is 0 Å². The summed E-state index contributed by atoms with van der Waals surface area (Å²) in [6, 6.07) is 11.9. The van der Waals surface area contributed by atoms with Gasteiger partial charge >= 0.3 is 0 Å². The number of carbonyl (C=O) groups is 1. The average Bonchev–Trinajstić information content (AvgIpc) is 2.89. The molecule has 0 saturated carbocycles. The highest BCUT2D eigenvalue weighted by Gasteiger charge is 2.12. The monoisotopic (exact) mass is 329 g/mol. The van der Waals surface area contributed by atoms with Crippen molar-refractivity contribution >= 4 is 27.5 Å². The molecule has 0 radical (unpaired) electrons. The molecule has 0 unspecified atom stereocenters. The normalized spacial score (nSPS) is 13.1. The Bertz CT molecular complexity index is 679. The van der Waals surface area contributed by atoms with Crippen LogP contribution in [0, 0.1) is 6.92 Å². The maximum Gasteiger partial charge on any atom is 0.255 e. The predicted octanol–water partition coefficient (Wildman–Crippen LogP) is 4.50. The number of carbonyl (C=O) groups excluding carboxylic acids is 1. The first kappa shape index (κ1) is 13.4. The van der Waals surface area contributed by atoms with E-state index in [2.05, 4.69) is 33.4 Å². The van der Waals surface area contributed by atoms with Crippen LogP contribution in [0.15, 0.2) is 40.9 Å². The predicted molar refractivity (Wildman–Crippen MR) is 85.3 cm³/mol. The van der Waals surface area contributed by atoms with Gasteiger partial charge in [-0.15, -0.1) is 0 Å². The smallest absolute Gasteiger partial charge is 0.255 e. The fraction of sp³-hybridized carbons (Fsp3) is 0.235. The van der Waals surface area contributed by atoms with E-state index < -0.39 is 0 Å². The molecule has 3 heteroatoms. The van der Waals surface area contributed by atoms with Crippen LogP contribution in [0.25, 0.3) is 0 Å². The third kappa shape index (κ3) is 2.63. The standard InChI is InChI=1S/C17H16BrNO/c1-11-5-6-14(10-16(11)18)17(20)19-15-8-7-12-3-2-4-13(12)9-15/h5-10H,2-4H2,1H3,(H,19,20). The number of nitrogens with one attached hydrogen (secondary N) is 1. The summed E-state index contributed by atoms with van der Waals surface area (Å²) in [6.07, 6.45) is 3.50. The van der Waals surface area contributed by atoms with Crippen molar-refractivity contribution < 1.29 is 4.79 Å². The fourth-order valence-electron chi connectivity index (χ4n) is 2.59. The molecule has 0 atom stereocenters. The molecular formula is C17H16BrNO. The molecule has 0 saturated heterocycles. The third-order valence-electron chi connectivity index (χ3n) is 3.79. The average molecular weight is 330 g/mol. The summed E-state index contributed by atoms with van der Waals surface area (Å²) in [7, 11) is 0. The fourth-order valence-corrected chi connectivity index (χ4v) is 2.97. The van der Waals surface area contributed by atoms with Gasteiger partial charge in [0.15, 0.2) is 0 Å². The van der Waals surface area contributed by atoms with Crippen molar-refractivity contribution in [2.75, 3.05) is 5.32 Å². The summed E-state index contributed by atoms with van der Waals surface area (Å²) in [5.41, 5.74) is 5.46. The SMILES string of the molecule is Cc1ccc(C(=O)Nc2ccc3c(c2)CCC3)cc1Br. The molecule has 3 rings (SSSR count). The van der Waals surface area contributed by atoms with Gasteiger partial charge in [0.05, 0.1) is 0 Å². The molecule has 0 spiro atoms. The molecule has 2 aromatic rings. The number of amides is 1. The topological polar surface area (TPSA) is 29.1 Å². The minimum absolute atomic E-state index is 0.0661. The van der Waals surface area contributed by atoms with Gasteiger partial charge in [-0.3, -0.25) is 4.79 Å². The Balaban J connectivity index is 1.80. The van der Waals surface area contributed by atoms with Gasteiger partial charge in [0.1, 0.15) is 0 Å². The lowest BCUT2D eigenvalue weighted by Crippen LogP contribution is -2.12. The van der Waals surface area contributed by atoms with Crippen LogP contribution in [-0.2, 0) is 12.8 Å². The number of aryl methyl sites for hydroxylation is 3. The first-order valence-electron chi connectivity index (χ1n) is 6.83. The van der Waals surface area contributed by atoms with E-state index in [0.717, 1.165) is 28.6 Å². The summed E-state index contributed by atoms with van der Waals surface area (Å²) in [6.45, 7) is 2.01. The van der Waals surface area contributed by atoms with Crippen molar-refractivity contribution in [1.82, 2.24) is 0 Å². The van der Waals surface area contributed by atoms with Crippen molar-refractivity contribution in [2.24, 2.45) is 0 Å². The Morgan fingerprint density at radius 1 is 1.10 bits per heavy atom. The number of hydrogen-bond donors (Lipinski definition) is 1. The molecular weight excluding hydrogens is 314 g/mol. The molecule has 0 bridgehead atoms. The number of anilines is 1. The molecule has 0 aromatic heterocycles. The molecule has 0 heterocycles. The van der Waals surface area contributed by atoms with E-state index in [1.54, 1.807) is 0 Å². The van der Waals surface area contributed by atoms with Crippen LogP contribution in [0.4, 0.5) is 5.69 Å². The zero-order chi connectivity index (χ0) is 14.1. The van der Waals surface area contributed by atoms with Crippen molar-refractivity contribution in [2.45, 2.75) is 26.2 Å². The third-order valence-corrected chi connectivity index (χ3v) is 4.64. The van der Waals surface area contributed by atoms with Gasteiger partial charge in [0.2, 0.25) is 0 Å². The lowest BCUT2D eigenvalue weighted by atomic mass is 10.1. The van der Waals surface area contributed by atoms with Crippen LogP contribution in [0.1, 0.15) is 33.5 Å². The lowest BCUT2D eigenvalue weighted by Gasteiger charge is -2.08. The lowest BCUT2D eigenvalue weighted by molar-refractivity contribution is 0.102.